The Morgan fingerprint density at radius 2 is 1.32 bits per heavy atom. The molecule has 302 valence electrons. The van der Waals surface area contributed by atoms with Crippen molar-refractivity contribution in [3.05, 3.63) is 126 Å². The highest BCUT2D eigenvalue weighted by Gasteiger charge is 2.39. The third-order valence-electron chi connectivity index (χ3n) is 9.89. The fourth-order valence-corrected chi connectivity index (χ4v) is 7.12. The van der Waals surface area contributed by atoms with E-state index in [1.165, 1.54) is 24.0 Å². The van der Waals surface area contributed by atoms with Crippen LogP contribution < -0.4 is 10.2 Å². The first-order valence-corrected chi connectivity index (χ1v) is 19.2. The van der Waals surface area contributed by atoms with E-state index in [-0.39, 0.29) is 37.3 Å². The number of nitrogens with one attached hydrogen (secondary N) is 1. The Balaban J connectivity index is 1.51. The largest absolute Gasteiger partial charge is 0.465 e. The van der Waals surface area contributed by atoms with Crippen LogP contribution in [0.3, 0.4) is 0 Å². The normalized spacial score (nSPS) is 13.1. The fraction of sp³-hybridized carbons (Fsp3) is 0.364. The number of amides is 4. The summed E-state index contributed by atoms with van der Waals surface area (Å²) in [6, 6.07) is 26.3. The third-order valence-corrected chi connectivity index (χ3v) is 9.89. The van der Waals surface area contributed by atoms with Gasteiger partial charge in [-0.05, 0) is 86.7 Å². The van der Waals surface area contributed by atoms with E-state index in [0.717, 1.165) is 44.2 Å². The molecule has 0 spiro atoms. The van der Waals surface area contributed by atoms with Crippen molar-refractivity contribution < 1.29 is 42.9 Å². The summed E-state index contributed by atoms with van der Waals surface area (Å²) in [6.45, 7) is 8.86. The van der Waals surface area contributed by atoms with Crippen LogP contribution in [0, 0.1) is 5.82 Å². The lowest BCUT2D eigenvalue weighted by atomic mass is 9.96. The predicted octanol–water partition coefficient (Wildman–Crippen LogP) is 7.27. The summed E-state index contributed by atoms with van der Waals surface area (Å²) >= 11 is 0. The highest BCUT2D eigenvalue weighted by molar-refractivity contribution is 6.04. The molecule has 13 heteroatoms. The number of fused-ring (bicyclic) bond motifs is 3. The van der Waals surface area contributed by atoms with Crippen molar-refractivity contribution in [1.29, 1.82) is 0 Å². The van der Waals surface area contributed by atoms with E-state index in [9.17, 15) is 23.9 Å². The summed E-state index contributed by atoms with van der Waals surface area (Å²) in [5.74, 6) is -2.23. The van der Waals surface area contributed by atoms with Gasteiger partial charge in [0.1, 0.15) is 24.5 Å². The number of ether oxygens (including phenoxy) is 3. The second-order valence-corrected chi connectivity index (χ2v) is 14.0. The number of hydrogen-bond acceptors (Lipinski definition) is 7. The van der Waals surface area contributed by atoms with Crippen molar-refractivity contribution in [2.45, 2.75) is 71.6 Å². The van der Waals surface area contributed by atoms with Crippen molar-refractivity contribution >= 4 is 29.7 Å². The van der Waals surface area contributed by atoms with Gasteiger partial charge in [-0.3, -0.25) is 14.5 Å². The molecule has 2 unspecified atom stereocenters. The lowest BCUT2D eigenvalue weighted by Gasteiger charge is -2.38. The van der Waals surface area contributed by atoms with E-state index in [1.54, 1.807) is 24.3 Å². The Morgan fingerprint density at radius 3 is 1.86 bits per heavy atom. The summed E-state index contributed by atoms with van der Waals surface area (Å²) in [6.07, 6.45) is -3.04. The van der Waals surface area contributed by atoms with Crippen LogP contribution in [0.4, 0.5) is 19.7 Å². The minimum atomic E-state index is -1.55. The van der Waals surface area contributed by atoms with Crippen LogP contribution in [0.1, 0.15) is 57.2 Å². The maximum Gasteiger partial charge on any atom is 0.408 e. The van der Waals surface area contributed by atoms with Gasteiger partial charge in [-0.1, -0.05) is 78.9 Å². The van der Waals surface area contributed by atoms with Crippen molar-refractivity contribution in [3.8, 4) is 11.1 Å². The Bertz CT molecular complexity index is 1930. The zero-order chi connectivity index (χ0) is 41.1. The van der Waals surface area contributed by atoms with E-state index in [1.807, 2.05) is 82.3 Å². The summed E-state index contributed by atoms with van der Waals surface area (Å²) in [5, 5.41) is 13.3. The van der Waals surface area contributed by atoms with Crippen LogP contribution in [-0.4, -0.2) is 96.2 Å². The first-order chi connectivity index (χ1) is 27.4. The van der Waals surface area contributed by atoms with Gasteiger partial charge in [0.25, 0.3) is 5.91 Å². The number of halogens is 1. The Kier molecular flexibility index (Phi) is 14.8. The molecule has 4 aromatic rings. The summed E-state index contributed by atoms with van der Waals surface area (Å²) in [7, 11) is 0. The molecule has 4 aromatic carbocycles. The molecule has 0 saturated carbocycles. The molecule has 0 heterocycles. The number of benzene rings is 4. The first-order valence-electron chi connectivity index (χ1n) is 19.2. The topological polar surface area (TPSA) is 138 Å². The molecule has 0 fully saturated rings. The van der Waals surface area contributed by atoms with Crippen molar-refractivity contribution in [2.24, 2.45) is 0 Å². The number of carbonyl (C=O) groups is 4. The average molecular weight is 783 g/mol. The molecule has 1 aliphatic rings. The molecule has 1 aliphatic carbocycles. The molecule has 0 saturated heterocycles. The van der Waals surface area contributed by atoms with Crippen LogP contribution in [0.15, 0.2) is 103 Å². The minimum Gasteiger partial charge on any atom is -0.465 e. The molecular formula is C44H51FN4O8. The standard InChI is InChI=1S/C44H51FN4O8/c1-6-55-40(56-7-2)27-48(29(3)4)41(50)30(5)49(33-23-21-32(45)22-24-33)42(51)39(46-43(52)57-28-31-15-9-8-10-16-31)26-47(44(53)54)25-38-36-19-13-11-17-34(36)35-18-12-14-20-37(35)38/h8-24,29-30,38-40H,6-7,25-28H2,1-5H3,(H,46,52)(H,53,54). The number of carboxylic acid groups (broad SMARTS) is 1. The predicted molar refractivity (Wildman–Crippen MR) is 214 cm³/mol. The number of carbonyl (C=O) groups excluding carboxylic acids is 3. The second-order valence-electron chi connectivity index (χ2n) is 14.0. The zero-order valence-electron chi connectivity index (χ0n) is 33.0. The van der Waals surface area contributed by atoms with Gasteiger partial charge >= 0.3 is 12.2 Å². The zero-order valence-corrected chi connectivity index (χ0v) is 33.0. The Labute approximate surface area is 333 Å². The molecule has 0 aliphatic heterocycles. The molecule has 0 bridgehead atoms. The Morgan fingerprint density at radius 1 is 0.754 bits per heavy atom. The van der Waals surface area contributed by atoms with Crippen LogP contribution in [0.2, 0.25) is 0 Å². The molecule has 2 N–H and O–H groups in total. The Hall–Kier alpha value is -5.79. The number of nitrogens with zero attached hydrogens (tertiary/aromatic N) is 3. The fourth-order valence-electron chi connectivity index (χ4n) is 7.12. The van der Waals surface area contributed by atoms with E-state index in [0.29, 0.717) is 18.8 Å². The lowest BCUT2D eigenvalue weighted by Crippen LogP contribution is -2.60. The van der Waals surface area contributed by atoms with Gasteiger partial charge in [0.05, 0.1) is 13.1 Å². The quantitative estimate of drug-likeness (QED) is 0.101. The molecule has 0 radical (unpaired) electrons. The van der Waals surface area contributed by atoms with Gasteiger partial charge in [-0.25, -0.2) is 14.0 Å². The molecule has 2 atom stereocenters. The average Bonchev–Trinajstić information content (AvgIpc) is 3.52. The van der Waals surface area contributed by atoms with Gasteiger partial charge in [0.2, 0.25) is 5.91 Å². The molecule has 57 heavy (non-hydrogen) atoms. The van der Waals surface area contributed by atoms with Crippen LogP contribution in [-0.2, 0) is 30.4 Å². The number of anilines is 1. The van der Waals surface area contributed by atoms with Crippen LogP contribution in [0.25, 0.3) is 11.1 Å². The van der Waals surface area contributed by atoms with E-state index >= 15 is 4.79 Å². The SMILES string of the molecule is CCOC(CN(C(=O)C(C)N(C(=O)C(CN(CC1c2ccccc2-c2ccccc21)C(=O)O)NC(=O)OCc1ccccc1)c1ccc(F)cc1)C(C)C)OCC. The van der Waals surface area contributed by atoms with Gasteiger partial charge in [-0.2, -0.15) is 0 Å². The highest BCUT2D eigenvalue weighted by atomic mass is 19.1. The first kappa shape index (κ1) is 42.4. The van der Waals surface area contributed by atoms with E-state index < -0.39 is 54.7 Å². The number of hydrogen-bond donors (Lipinski definition) is 2. The molecule has 12 nitrogen and oxygen atoms in total. The van der Waals surface area contributed by atoms with Crippen LogP contribution >= 0.6 is 0 Å². The third kappa shape index (κ3) is 10.5. The molecule has 5 rings (SSSR count). The van der Waals surface area contributed by atoms with Crippen molar-refractivity contribution in [1.82, 2.24) is 15.1 Å². The van der Waals surface area contributed by atoms with Gasteiger partial charge in [0.15, 0.2) is 6.29 Å². The van der Waals surface area contributed by atoms with Gasteiger partial charge < -0.3 is 34.4 Å². The molecule has 4 amide bonds. The van der Waals surface area contributed by atoms with Gasteiger partial charge in [-0.15, -0.1) is 0 Å². The smallest absolute Gasteiger partial charge is 0.408 e. The second kappa shape index (κ2) is 19.9. The van der Waals surface area contributed by atoms with Crippen LogP contribution in [0.5, 0.6) is 0 Å². The maximum absolute atomic E-state index is 15.0. The van der Waals surface area contributed by atoms with E-state index in [2.05, 4.69) is 5.32 Å². The van der Waals surface area contributed by atoms with Crippen molar-refractivity contribution in [2.75, 3.05) is 37.7 Å². The minimum absolute atomic E-state index is 0.0453. The van der Waals surface area contributed by atoms with E-state index in [4.69, 9.17) is 14.2 Å². The number of rotatable bonds is 18. The summed E-state index contributed by atoms with van der Waals surface area (Å²) in [4.78, 5) is 59.8. The van der Waals surface area contributed by atoms with Crippen molar-refractivity contribution in [3.63, 3.8) is 0 Å². The van der Waals surface area contributed by atoms with Gasteiger partial charge in [0, 0.05) is 37.4 Å². The molecule has 0 aromatic heterocycles. The monoisotopic (exact) mass is 782 g/mol. The highest BCUT2D eigenvalue weighted by Crippen LogP contribution is 2.44. The molecular weight excluding hydrogens is 732 g/mol. The summed E-state index contributed by atoms with van der Waals surface area (Å²) in [5.41, 5.74) is 4.68. The number of alkyl carbamates (subject to hydrolysis) is 1. The summed E-state index contributed by atoms with van der Waals surface area (Å²) < 4.78 is 31.3. The lowest BCUT2D eigenvalue weighted by molar-refractivity contribution is -0.162. The maximum atomic E-state index is 15.0.